The molecule has 0 saturated heterocycles. The lowest BCUT2D eigenvalue weighted by atomic mass is 9.96. The number of carbonyl (C=O) groups is 2. The van der Waals surface area contributed by atoms with Crippen molar-refractivity contribution in [2.24, 2.45) is 0 Å². The lowest BCUT2D eigenvalue weighted by Gasteiger charge is -2.15. The molecule has 0 aliphatic rings. The lowest BCUT2D eigenvalue weighted by Crippen LogP contribution is -2.15. The highest BCUT2D eigenvalue weighted by molar-refractivity contribution is 6.04. The van der Waals surface area contributed by atoms with Gasteiger partial charge in [-0.05, 0) is 73.0 Å². The zero-order valence-corrected chi connectivity index (χ0v) is 18.6. The molecule has 1 unspecified atom stereocenters. The van der Waals surface area contributed by atoms with Crippen LogP contribution in [0.2, 0.25) is 0 Å². The summed E-state index contributed by atoms with van der Waals surface area (Å²) in [4.78, 5) is 25.0. The number of ether oxygens (including phenoxy) is 2. The monoisotopic (exact) mass is 432 g/mol. The minimum atomic E-state index is -0.225. The van der Waals surface area contributed by atoms with E-state index in [0.29, 0.717) is 30.0 Å². The zero-order valence-electron chi connectivity index (χ0n) is 18.6. The Morgan fingerprint density at radius 3 is 2.16 bits per heavy atom. The van der Waals surface area contributed by atoms with Crippen molar-refractivity contribution in [3.8, 4) is 11.5 Å². The normalized spacial score (nSPS) is 11.3. The molecule has 0 radical (unpaired) electrons. The van der Waals surface area contributed by atoms with Gasteiger partial charge >= 0.3 is 0 Å². The number of nitrogens with one attached hydrogen (secondary N) is 2. The number of carbonyl (C=O) groups excluding carboxylic acids is 2. The van der Waals surface area contributed by atoms with Gasteiger partial charge in [-0.15, -0.1) is 0 Å². The van der Waals surface area contributed by atoms with Crippen LogP contribution < -0.4 is 20.1 Å². The second-order valence-electron chi connectivity index (χ2n) is 7.38. The molecule has 6 nitrogen and oxygen atoms in total. The molecule has 3 aromatic carbocycles. The summed E-state index contributed by atoms with van der Waals surface area (Å²) in [7, 11) is 1.62. The van der Waals surface area contributed by atoms with E-state index in [0.717, 1.165) is 17.1 Å². The second kappa shape index (κ2) is 11.0. The van der Waals surface area contributed by atoms with E-state index in [1.165, 1.54) is 0 Å². The predicted octanol–water partition coefficient (Wildman–Crippen LogP) is 5.48. The van der Waals surface area contributed by atoms with Crippen LogP contribution in [-0.4, -0.2) is 25.5 Å². The van der Waals surface area contributed by atoms with Crippen LogP contribution in [-0.2, 0) is 4.79 Å². The summed E-state index contributed by atoms with van der Waals surface area (Å²) in [5.74, 6) is 1.21. The maximum Gasteiger partial charge on any atom is 0.255 e. The van der Waals surface area contributed by atoms with Crippen LogP contribution in [0.4, 0.5) is 11.4 Å². The van der Waals surface area contributed by atoms with E-state index in [1.54, 1.807) is 43.5 Å². The summed E-state index contributed by atoms with van der Waals surface area (Å²) < 4.78 is 10.8. The maximum atomic E-state index is 12.5. The first-order valence-electron chi connectivity index (χ1n) is 10.6. The van der Waals surface area contributed by atoms with E-state index in [2.05, 4.69) is 10.6 Å². The summed E-state index contributed by atoms with van der Waals surface area (Å²) >= 11 is 0. The first-order valence-corrected chi connectivity index (χ1v) is 10.6. The van der Waals surface area contributed by atoms with Crippen LogP contribution in [0, 0.1) is 0 Å². The van der Waals surface area contributed by atoms with Crippen LogP contribution in [0.3, 0.4) is 0 Å². The standard InChI is InChI=1S/C26H28N2O4/c1-4-32-22-15-13-21(14-16-22)28-26(30)19-9-11-20(12-10-19)27-25(29)17-18(2)23-7-5-6-8-24(23)31-3/h5-16,18H,4,17H2,1-3H3,(H,27,29)(H,28,30). The van der Waals surface area contributed by atoms with Crippen molar-refractivity contribution < 1.29 is 19.1 Å². The minimum Gasteiger partial charge on any atom is -0.496 e. The van der Waals surface area contributed by atoms with Gasteiger partial charge in [-0.1, -0.05) is 25.1 Å². The Labute approximate surface area is 188 Å². The number of hydrogen-bond acceptors (Lipinski definition) is 4. The van der Waals surface area contributed by atoms with Crippen LogP contribution in [0.15, 0.2) is 72.8 Å². The zero-order chi connectivity index (χ0) is 22.9. The van der Waals surface area contributed by atoms with Gasteiger partial charge in [0.05, 0.1) is 13.7 Å². The summed E-state index contributed by atoms with van der Waals surface area (Å²) in [5.41, 5.74) is 2.81. The van der Waals surface area contributed by atoms with E-state index < -0.39 is 0 Å². The molecule has 166 valence electrons. The van der Waals surface area contributed by atoms with E-state index >= 15 is 0 Å². The highest BCUT2D eigenvalue weighted by atomic mass is 16.5. The number of rotatable bonds is 9. The molecule has 0 spiro atoms. The van der Waals surface area contributed by atoms with Crippen LogP contribution in [0.1, 0.15) is 42.1 Å². The Hall–Kier alpha value is -3.80. The molecule has 0 heterocycles. The summed E-state index contributed by atoms with van der Waals surface area (Å²) in [6, 6.07) is 21.7. The lowest BCUT2D eigenvalue weighted by molar-refractivity contribution is -0.116. The van der Waals surface area contributed by atoms with Gasteiger partial charge in [-0.2, -0.15) is 0 Å². The van der Waals surface area contributed by atoms with E-state index in [-0.39, 0.29) is 17.7 Å². The van der Waals surface area contributed by atoms with Crippen molar-refractivity contribution in [2.75, 3.05) is 24.4 Å². The third kappa shape index (κ3) is 6.11. The number of anilines is 2. The summed E-state index contributed by atoms with van der Waals surface area (Å²) in [6.45, 7) is 4.50. The van der Waals surface area contributed by atoms with Crippen molar-refractivity contribution >= 4 is 23.2 Å². The maximum absolute atomic E-state index is 12.5. The number of amides is 2. The molecule has 0 bridgehead atoms. The Bertz CT molecular complexity index is 1050. The van der Waals surface area contributed by atoms with Crippen molar-refractivity contribution in [2.45, 2.75) is 26.2 Å². The van der Waals surface area contributed by atoms with Crippen molar-refractivity contribution in [3.63, 3.8) is 0 Å². The molecule has 6 heteroatoms. The largest absolute Gasteiger partial charge is 0.496 e. The number of para-hydroxylation sites is 1. The third-order valence-electron chi connectivity index (χ3n) is 5.02. The predicted molar refractivity (Wildman–Crippen MR) is 127 cm³/mol. The molecule has 32 heavy (non-hydrogen) atoms. The topological polar surface area (TPSA) is 76.7 Å². The van der Waals surface area contributed by atoms with Gasteiger partial charge in [0.15, 0.2) is 0 Å². The average Bonchev–Trinajstić information content (AvgIpc) is 2.80. The molecular formula is C26H28N2O4. The van der Waals surface area contributed by atoms with Gasteiger partial charge in [-0.25, -0.2) is 0 Å². The van der Waals surface area contributed by atoms with Gasteiger partial charge in [-0.3, -0.25) is 9.59 Å². The Morgan fingerprint density at radius 2 is 1.50 bits per heavy atom. The molecule has 3 aromatic rings. The summed E-state index contributed by atoms with van der Waals surface area (Å²) in [5, 5.41) is 5.74. The van der Waals surface area contributed by atoms with Crippen LogP contribution >= 0.6 is 0 Å². The number of methoxy groups -OCH3 is 1. The average molecular weight is 433 g/mol. The van der Waals surface area contributed by atoms with Gasteiger partial charge in [0, 0.05) is 23.4 Å². The second-order valence-corrected chi connectivity index (χ2v) is 7.38. The molecule has 1 atom stereocenters. The number of hydrogen-bond donors (Lipinski definition) is 2. The van der Waals surface area contributed by atoms with E-state index in [4.69, 9.17) is 9.47 Å². The van der Waals surface area contributed by atoms with Crippen LogP contribution in [0.25, 0.3) is 0 Å². The first kappa shape index (κ1) is 22.9. The molecular weight excluding hydrogens is 404 g/mol. The van der Waals surface area contributed by atoms with Gasteiger partial charge in [0.1, 0.15) is 11.5 Å². The van der Waals surface area contributed by atoms with E-state index in [1.807, 2.05) is 50.2 Å². The third-order valence-corrected chi connectivity index (χ3v) is 5.02. The van der Waals surface area contributed by atoms with Gasteiger partial charge in [0.2, 0.25) is 5.91 Å². The first-order chi connectivity index (χ1) is 15.5. The fourth-order valence-corrected chi connectivity index (χ4v) is 3.38. The quantitative estimate of drug-likeness (QED) is 0.469. The molecule has 2 N–H and O–H groups in total. The van der Waals surface area contributed by atoms with E-state index in [9.17, 15) is 9.59 Å². The molecule has 0 aromatic heterocycles. The molecule has 0 aliphatic heterocycles. The van der Waals surface area contributed by atoms with Crippen molar-refractivity contribution in [3.05, 3.63) is 83.9 Å². The molecule has 2 amide bonds. The Balaban J connectivity index is 1.55. The Kier molecular flexibility index (Phi) is 7.86. The minimum absolute atomic E-state index is 0.00492. The molecule has 0 saturated carbocycles. The van der Waals surface area contributed by atoms with Crippen molar-refractivity contribution in [1.29, 1.82) is 0 Å². The molecule has 0 aliphatic carbocycles. The summed E-state index contributed by atoms with van der Waals surface area (Å²) in [6.07, 6.45) is 0.320. The van der Waals surface area contributed by atoms with Crippen molar-refractivity contribution in [1.82, 2.24) is 0 Å². The van der Waals surface area contributed by atoms with Crippen LogP contribution in [0.5, 0.6) is 11.5 Å². The SMILES string of the molecule is CCOc1ccc(NC(=O)c2ccc(NC(=O)CC(C)c3ccccc3OC)cc2)cc1. The highest BCUT2D eigenvalue weighted by Gasteiger charge is 2.15. The van der Waals surface area contributed by atoms with Gasteiger partial charge < -0.3 is 20.1 Å². The smallest absolute Gasteiger partial charge is 0.255 e. The number of benzene rings is 3. The molecule has 3 rings (SSSR count). The fourth-order valence-electron chi connectivity index (χ4n) is 3.38. The highest BCUT2D eigenvalue weighted by Crippen LogP contribution is 2.28. The molecule has 0 fully saturated rings. The Morgan fingerprint density at radius 1 is 0.875 bits per heavy atom. The fraction of sp³-hybridized carbons (Fsp3) is 0.231. The van der Waals surface area contributed by atoms with Gasteiger partial charge in [0.25, 0.3) is 5.91 Å².